The Balaban J connectivity index is 1.99. The number of carboxylic acid groups (broad SMARTS) is 1. The van der Waals surface area contributed by atoms with E-state index in [1.165, 1.54) is 0 Å². The highest BCUT2D eigenvalue weighted by atomic mass is 16.5. The molecule has 2 saturated heterocycles. The molecule has 2 aliphatic heterocycles. The van der Waals surface area contributed by atoms with Gasteiger partial charge in [0.25, 0.3) is 0 Å². The highest BCUT2D eigenvalue weighted by Gasteiger charge is 2.48. The van der Waals surface area contributed by atoms with E-state index in [0.29, 0.717) is 12.1 Å². The molecule has 2 aliphatic rings. The van der Waals surface area contributed by atoms with Crippen LogP contribution in [0.1, 0.15) is 30.7 Å². The summed E-state index contributed by atoms with van der Waals surface area (Å²) in [6.07, 6.45) is 2.96. The number of likely N-dealkylation sites (N-methyl/N-ethyl adjacent to an activating group) is 1. The first-order valence-corrected chi connectivity index (χ1v) is 7.20. The molecule has 1 aromatic rings. The summed E-state index contributed by atoms with van der Waals surface area (Å²) in [5, 5.41) is 9.60. The highest BCUT2D eigenvalue weighted by Crippen LogP contribution is 2.47. The molecule has 2 fully saturated rings. The molecule has 2 bridgehead atoms. The van der Waals surface area contributed by atoms with Gasteiger partial charge in [-0.3, -0.25) is 9.69 Å². The fraction of sp³-hybridized carbons (Fsp3) is 0.562. The number of carboxylic acids is 1. The van der Waals surface area contributed by atoms with Gasteiger partial charge in [0.05, 0.1) is 13.0 Å². The smallest absolute Gasteiger partial charge is 0.307 e. The van der Waals surface area contributed by atoms with Crippen LogP contribution in [0.3, 0.4) is 0 Å². The Bertz CT molecular complexity index is 516. The van der Waals surface area contributed by atoms with Gasteiger partial charge in [-0.15, -0.1) is 0 Å². The molecule has 0 radical (unpaired) electrons. The van der Waals surface area contributed by atoms with Crippen LogP contribution in [-0.4, -0.2) is 42.2 Å². The summed E-state index contributed by atoms with van der Waals surface area (Å²) in [5.74, 6) is -0.0839. The van der Waals surface area contributed by atoms with E-state index < -0.39 is 5.97 Å². The number of nitrogens with zero attached hydrogens (tertiary/aromatic N) is 1. The number of piperidine rings is 1. The first-order chi connectivity index (χ1) is 9.61. The number of ether oxygens (including phenoxy) is 1. The number of rotatable bonds is 3. The van der Waals surface area contributed by atoms with Crippen molar-refractivity contribution in [3.05, 3.63) is 29.8 Å². The Hall–Kier alpha value is -1.55. The average molecular weight is 275 g/mol. The van der Waals surface area contributed by atoms with E-state index in [1.807, 2.05) is 24.3 Å². The second-order valence-electron chi connectivity index (χ2n) is 5.95. The van der Waals surface area contributed by atoms with E-state index >= 15 is 0 Å². The van der Waals surface area contributed by atoms with Crippen molar-refractivity contribution in [2.45, 2.75) is 37.3 Å². The standard InChI is InChI=1S/C16H21NO3/c1-17-11-6-7-14(17)15(13(9-11)16(18)19)10-4-3-5-12(8-10)20-2/h3-5,8,11,13-15H,6-7,9H2,1-2H3,(H,18,19). The Labute approximate surface area is 119 Å². The third kappa shape index (κ3) is 2.08. The molecule has 0 spiro atoms. The van der Waals surface area contributed by atoms with Gasteiger partial charge in [-0.25, -0.2) is 0 Å². The molecule has 3 rings (SSSR count). The van der Waals surface area contributed by atoms with Crippen LogP contribution in [0, 0.1) is 5.92 Å². The van der Waals surface area contributed by atoms with Crippen molar-refractivity contribution in [1.82, 2.24) is 4.90 Å². The van der Waals surface area contributed by atoms with Crippen LogP contribution in [0.5, 0.6) is 5.75 Å². The lowest BCUT2D eigenvalue weighted by Gasteiger charge is -2.41. The summed E-state index contributed by atoms with van der Waals surface area (Å²) in [7, 11) is 3.78. The summed E-state index contributed by atoms with van der Waals surface area (Å²) < 4.78 is 5.29. The van der Waals surface area contributed by atoms with Gasteiger partial charge in [0.15, 0.2) is 0 Å². The maximum absolute atomic E-state index is 11.7. The molecule has 1 N–H and O–H groups in total. The molecule has 4 atom stereocenters. The minimum absolute atomic E-state index is 0.0614. The van der Waals surface area contributed by atoms with Crippen molar-refractivity contribution >= 4 is 5.97 Å². The fourth-order valence-corrected chi connectivity index (χ4v) is 4.02. The summed E-state index contributed by atoms with van der Waals surface area (Å²) in [5.41, 5.74) is 1.09. The largest absolute Gasteiger partial charge is 0.497 e. The minimum Gasteiger partial charge on any atom is -0.497 e. The second-order valence-corrected chi connectivity index (χ2v) is 5.95. The van der Waals surface area contributed by atoms with Crippen molar-refractivity contribution in [2.24, 2.45) is 5.92 Å². The van der Waals surface area contributed by atoms with Crippen molar-refractivity contribution in [3.63, 3.8) is 0 Å². The molecule has 108 valence electrons. The van der Waals surface area contributed by atoms with E-state index in [1.54, 1.807) is 7.11 Å². The lowest BCUT2D eigenvalue weighted by molar-refractivity contribution is -0.145. The monoisotopic (exact) mass is 275 g/mol. The van der Waals surface area contributed by atoms with Crippen LogP contribution in [-0.2, 0) is 4.79 Å². The Morgan fingerprint density at radius 2 is 2.20 bits per heavy atom. The summed E-state index contributed by atoms with van der Waals surface area (Å²) in [6, 6.07) is 8.66. The quantitative estimate of drug-likeness (QED) is 0.920. The summed E-state index contributed by atoms with van der Waals surface area (Å²) in [4.78, 5) is 14.0. The van der Waals surface area contributed by atoms with Crippen LogP contribution < -0.4 is 4.74 Å². The minimum atomic E-state index is -0.664. The van der Waals surface area contributed by atoms with Crippen molar-refractivity contribution in [3.8, 4) is 5.75 Å². The molecule has 2 heterocycles. The molecule has 0 saturated carbocycles. The van der Waals surface area contributed by atoms with Crippen LogP contribution >= 0.6 is 0 Å². The van der Waals surface area contributed by atoms with E-state index in [0.717, 1.165) is 30.6 Å². The maximum Gasteiger partial charge on any atom is 0.307 e. The van der Waals surface area contributed by atoms with Crippen LogP contribution in [0.25, 0.3) is 0 Å². The molecule has 20 heavy (non-hydrogen) atoms. The number of fused-ring (bicyclic) bond motifs is 2. The fourth-order valence-electron chi connectivity index (χ4n) is 4.02. The van der Waals surface area contributed by atoms with Gasteiger partial charge in [0, 0.05) is 18.0 Å². The number of hydrogen-bond acceptors (Lipinski definition) is 3. The van der Waals surface area contributed by atoms with Gasteiger partial charge in [-0.2, -0.15) is 0 Å². The number of carbonyl (C=O) groups is 1. The third-order valence-corrected chi connectivity index (χ3v) is 5.06. The first-order valence-electron chi connectivity index (χ1n) is 7.20. The van der Waals surface area contributed by atoms with Crippen molar-refractivity contribution in [2.75, 3.05) is 14.2 Å². The highest BCUT2D eigenvalue weighted by molar-refractivity contribution is 5.72. The second kappa shape index (κ2) is 5.09. The molecular formula is C16H21NO3. The van der Waals surface area contributed by atoms with E-state index in [4.69, 9.17) is 4.74 Å². The normalized spacial score (nSPS) is 33.1. The lowest BCUT2D eigenvalue weighted by atomic mass is 9.76. The number of hydrogen-bond donors (Lipinski definition) is 1. The van der Waals surface area contributed by atoms with Gasteiger partial charge < -0.3 is 9.84 Å². The predicted octanol–water partition coefficient (Wildman–Crippen LogP) is 2.35. The molecule has 4 heteroatoms. The molecule has 0 aromatic heterocycles. The lowest BCUT2D eigenvalue weighted by Crippen LogP contribution is -2.47. The predicted molar refractivity (Wildman–Crippen MR) is 76.1 cm³/mol. The van der Waals surface area contributed by atoms with Crippen molar-refractivity contribution < 1.29 is 14.6 Å². The maximum atomic E-state index is 11.7. The first kappa shape index (κ1) is 13.4. The molecule has 0 aliphatic carbocycles. The van der Waals surface area contributed by atoms with Crippen LogP contribution in [0.4, 0.5) is 0 Å². The Morgan fingerprint density at radius 3 is 2.90 bits per heavy atom. The zero-order valence-corrected chi connectivity index (χ0v) is 12.0. The number of methoxy groups -OCH3 is 1. The van der Waals surface area contributed by atoms with Gasteiger partial charge >= 0.3 is 5.97 Å². The van der Waals surface area contributed by atoms with Crippen LogP contribution in [0.15, 0.2) is 24.3 Å². The SMILES string of the molecule is COc1cccc(C2C(C(=O)O)CC3CCC2N3C)c1. The molecule has 4 nitrogen and oxygen atoms in total. The Kier molecular flexibility index (Phi) is 3.42. The van der Waals surface area contributed by atoms with Crippen molar-refractivity contribution in [1.29, 1.82) is 0 Å². The van der Waals surface area contributed by atoms with E-state index in [2.05, 4.69) is 11.9 Å². The summed E-state index contributed by atoms with van der Waals surface area (Å²) >= 11 is 0. The Morgan fingerprint density at radius 1 is 1.40 bits per heavy atom. The van der Waals surface area contributed by atoms with Crippen LogP contribution in [0.2, 0.25) is 0 Å². The average Bonchev–Trinajstić information content (AvgIpc) is 2.70. The number of benzene rings is 1. The molecule has 4 unspecified atom stereocenters. The molecule has 1 aromatic carbocycles. The van der Waals surface area contributed by atoms with Gasteiger partial charge in [-0.05, 0) is 44.0 Å². The van der Waals surface area contributed by atoms with E-state index in [9.17, 15) is 9.90 Å². The van der Waals surface area contributed by atoms with Gasteiger partial charge in [-0.1, -0.05) is 12.1 Å². The third-order valence-electron chi connectivity index (χ3n) is 5.06. The molecular weight excluding hydrogens is 254 g/mol. The van der Waals surface area contributed by atoms with Gasteiger partial charge in [0.1, 0.15) is 5.75 Å². The van der Waals surface area contributed by atoms with E-state index in [-0.39, 0.29) is 11.8 Å². The number of aliphatic carboxylic acids is 1. The topological polar surface area (TPSA) is 49.8 Å². The molecule has 0 amide bonds. The van der Waals surface area contributed by atoms with Gasteiger partial charge in [0.2, 0.25) is 0 Å². The zero-order valence-electron chi connectivity index (χ0n) is 12.0. The summed E-state index contributed by atoms with van der Waals surface area (Å²) in [6.45, 7) is 0. The zero-order chi connectivity index (χ0) is 14.3.